The summed E-state index contributed by atoms with van der Waals surface area (Å²) in [5.74, 6) is -0.717. The summed E-state index contributed by atoms with van der Waals surface area (Å²) in [5.41, 5.74) is 2.06. The highest BCUT2D eigenvalue weighted by Crippen LogP contribution is 2.16. The van der Waals surface area contributed by atoms with Crippen molar-refractivity contribution >= 4 is 23.2 Å². The number of carbonyl (C=O) groups is 2. The van der Waals surface area contributed by atoms with Crippen molar-refractivity contribution in [2.45, 2.75) is 0 Å². The van der Waals surface area contributed by atoms with E-state index in [2.05, 4.69) is 22.2 Å². The number of nitrogens with zero attached hydrogens (tertiary/aromatic N) is 2. The maximum atomic E-state index is 12.3. The summed E-state index contributed by atoms with van der Waals surface area (Å²) in [7, 11) is 3.89. The van der Waals surface area contributed by atoms with Crippen LogP contribution in [0.4, 0.5) is 11.4 Å². The van der Waals surface area contributed by atoms with E-state index in [0.717, 1.165) is 5.69 Å². The predicted molar refractivity (Wildman–Crippen MR) is 95.5 cm³/mol. The van der Waals surface area contributed by atoms with Gasteiger partial charge in [0.1, 0.15) is 11.4 Å². The van der Waals surface area contributed by atoms with E-state index >= 15 is 0 Å². The molecule has 0 aliphatic heterocycles. The van der Waals surface area contributed by atoms with Crippen LogP contribution < -0.4 is 15.5 Å². The Labute approximate surface area is 141 Å². The summed E-state index contributed by atoms with van der Waals surface area (Å²) >= 11 is 0. The van der Waals surface area contributed by atoms with E-state index in [1.54, 1.807) is 24.3 Å². The maximum Gasteiger partial charge on any atom is 0.274 e. The summed E-state index contributed by atoms with van der Waals surface area (Å²) in [4.78, 5) is 30.2. The predicted octanol–water partition coefficient (Wildman–Crippen LogP) is 2.32. The van der Waals surface area contributed by atoms with Gasteiger partial charge in [-0.3, -0.25) is 9.59 Å². The molecule has 2 amide bonds. The second-order valence-electron chi connectivity index (χ2n) is 5.30. The van der Waals surface area contributed by atoms with Gasteiger partial charge < -0.3 is 15.5 Å². The Morgan fingerprint density at radius 1 is 1.08 bits per heavy atom. The summed E-state index contributed by atoms with van der Waals surface area (Å²) in [5, 5.41) is 5.39. The Kier molecular flexibility index (Phi) is 5.68. The summed E-state index contributed by atoms with van der Waals surface area (Å²) in [6.45, 7) is 3.88. The van der Waals surface area contributed by atoms with Crippen molar-refractivity contribution in [2.75, 3.05) is 30.9 Å². The fourth-order valence-electron chi connectivity index (χ4n) is 1.98. The third kappa shape index (κ3) is 4.42. The highest BCUT2D eigenvalue weighted by Gasteiger charge is 2.12. The molecule has 1 aromatic heterocycles. The Morgan fingerprint density at radius 2 is 1.71 bits per heavy atom. The molecule has 6 nitrogen and oxygen atoms in total. The van der Waals surface area contributed by atoms with E-state index in [9.17, 15) is 9.59 Å². The van der Waals surface area contributed by atoms with E-state index in [1.165, 1.54) is 0 Å². The molecule has 0 fully saturated rings. The van der Waals surface area contributed by atoms with E-state index in [0.29, 0.717) is 12.2 Å². The molecule has 1 heterocycles. The van der Waals surface area contributed by atoms with Gasteiger partial charge in [-0.15, -0.1) is 6.58 Å². The molecule has 0 aliphatic carbocycles. The molecule has 0 bridgehead atoms. The molecule has 0 spiro atoms. The number of aromatic nitrogens is 1. The molecule has 0 unspecified atom stereocenters. The van der Waals surface area contributed by atoms with E-state index in [1.807, 2.05) is 43.3 Å². The van der Waals surface area contributed by atoms with Gasteiger partial charge in [-0.2, -0.15) is 0 Å². The van der Waals surface area contributed by atoms with Crippen LogP contribution in [0.25, 0.3) is 0 Å². The largest absolute Gasteiger partial charge is 0.378 e. The monoisotopic (exact) mass is 324 g/mol. The molecule has 0 atom stereocenters. The van der Waals surface area contributed by atoms with Gasteiger partial charge >= 0.3 is 0 Å². The molecule has 1 aromatic carbocycles. The number of hydrogen-bond acceptors (Lipinski definition) is 4. The lowest BCUT2D eigenvalue weighted by atomic mass is 10.2. The zero-order chi connectivity index (χ0) is 17.5. The number of carbonyl (C=O) groups excluding carboxylic acids is 2. The van der Waals surface area contributed by atoms with Crippen LogP contribution in [0.3, 0.4) is 0 Å². The lowest BCUT2D eigenvalue weighted by Crippen LogP contribution is -2.25. The minimum absolute atomic E-state index is 0.179. The molecular formula is C18H20N4O2. The number of nitrogens with one attached hydrogen (secondary N) is 2. The SMILES string of the molecule is C=CCNC(=O)c1cccc(C(=O)Nc2ccc(N(C)C)cc2)n1. The van der Waals surface area contributed by atoms with Crippen LogP contribution in [-0.2, 0) is 0 Å². The molecule has 6 heteroatoms. The lowest BCUT2D eigenvalue weighted by molar-refractivity contribution is 0.0953. The number of anilines is 2. The summed E-state index contributed by atoms with van der Waals surface area (Å²) in [6, 6.07) is 12.2. The van der Waals surface area contributed by atoms with Crippen LogP contribution >= 0.6 is 0 Å². The smallest absolute Gasteiger partial charge is 0.274 e. The first kappa shape index (κ1) is 17.2. The molecule has 2 N–H and O–H groups in total. The molecule has 124 valence electrons. The summed E-state index contributed by atoms with van der Waals surface area (Å²) < 4.78 is 0. The first-order valence-electron chi connectivity index (χ1n) is 7.46. The van der Waals surface area contributed by atoms with Crippen LogP contribution in [-0.4, -0.2) is 37.4 Å². The molecule has 0 aliphatic rings. The second kappa shape index (κ2) is 7.92. The van der Waals surface area contributed by atoms with Crippen LogP contribution in [0.5, 0.6) is 0 Å². The number of amides is 2. The minimum atomic E-state index is -0.369. The van der Waals surface area contributed by atoms with Crippen molar-refractivity contribution in [2.24, 2.45) is 0 Å². The minimum Gasteiger partial charge on any atom is -0.378 e. The van der Waals surface area contributed by atoms with Gasteiger partial charge in [-0.1, -0.05) is 12.1 Å². The van der Waals surface area contributed by atoms with Gasteiger partial charge in [0.05, 0.1) is 0 Å². The van der Waals surface area contributed by atoms with Crippen LogP contribution in [0.2, 0.25) is 0 Å². The quantitative estimate of drug-likeness (QED) is 0.800. The van der Waals surface area contributed by atoms with E-state index in [4.69, 9.17) is 0 Å². The van der Waals surface area contributed by atoms with Crippen LogP contribution in [0, 0.1) is 0 Å². The maximum absolute atomic E-state index is 12.3. The highest BCUT2D eigenvalue weighted by atomic mass is 16.2. The van der Waals surface area contributed by atoms with Crippen molar-refractivity contribution in [1.29, 1.82) is 0 Å². The molecular weight excluding hydrogens is 304 g/mol. The van der Waals surface area contributed by atoms with Crippen molar-refractivity contribution in [3.63, 3.8) is 0 Å². The average molecular weight is 324 g/mol. The zero-order valence-electron chi connectivity index (χ0n) is 13.7. The molecule has 2 rings (SSSR count). The van der Waals surface area contributed by atoms with Crippen molar-refractivity contribution in [3.8, 4) is 0 Å². The first-order chi connectivity index (χ1) is 11.5. The van der Waals surface area contributed by atoms with Crippen molar-refractivity contribution < 1.29 is 9.59 Å². The molecule has 2 aromatic rings. The highest BCUT2D eigenvalue weighted by molar-refractivity contribution is 6.03. The molecule has 0 saturated heterocycles. The van der Waals surface area contributed by atoms with E-state index < -0.39 is 0 Å². The Balaban J connectivity index is 2.09. The van der Waals surface area contributed by atoms with Gasteiger partial charge in [-0.05, 0) is 36.4 Å². The third-order valence-electron chi connectivity index (χ3n) is 3.26. The van der Waals surface area contributed by atoms with Gasteiger partial charge in [-0.25, -0.2) is 4.98 Å². The van der Waals surface area contributed by atoms with Crippen LogP contribution in [0.15, 0.2) is 55.1 Å². The van der Waals surface area contributed by atoms with Gasteiger partial charge in [0.15, 0.2) is 0 Å². The number of rotatable bonds is 6. The second-order valence-corrected chi connectivity index (χ2v) is 5.30. The number of hydrogen-bond donors (Lipinski definition) is 2. The molecule has 0 saturated carbocycles. The Morgan fingerprint density at radius 3 is 2.29 bits per heavy atom. The third-order valence-corrected chi connectivity index (χ3v) is 3.26. The van der Waals surface area contributed by atoms with Crippen molar-refractivity contribution in [1.82, 2.24) is 10.3 Å². The molecule has 0 radical (unpaired) electrons. The van der Waals surface area contributed by atoms with Crippen LogP contribution in [0.1, 0.15) is 21.0 Å². The van der Waals surface area contributed by atoms with Gasteiger partial charge in [0.2, 0.25) is 0 Å². The zero-order valence-corrected chi connectivity index (χ0v) is 13.7. The topological polar surface area (TPSA) is 74.3 Å². The standard InChI is InChI=1S/C18H20N4O2/c1-4-12-19-17(23)15-6-5-7-16(21-15)18(24)20-13-8-10-14(11-9-13)22(2)3/h4-11H,1,12H2,2-3H3,(H,19,23)(H,20,24). The normalized spacial score (nSPS) is 9.92. The lowest BCUT2D eigenvalue weighted by Gasteiger charge is -2.13. The van der Waals surface area contributed by atoms with Gasteiger partial charge in [0, 0.05) is 32.0 Å². The average Bonchev–Trinajstić information content (AvgIpc) is 2.60. The Bertz CT molecular complexity index is 739. The van der Waals surface area contributed by atoms with E-state index in [-0.39, 0.29) is 23.2 Å². The number of pyridine rings is 1. The van der Waals surface area contributed by atoms with Gasteiger partial charge in [0.25, 0.3) is 11.8 Å². The summed E-state index contributed by atoms with van der Waals surface area (Å²) in [6.07, 6.45) is 1.58. The fraction of sp³-hybridized carbons (Fsp3) is 0.167. The fourth-order valence-corrected chi connectivity index (χ4v) is 1.98. The Hall–Kier alpha value is -3.15. The van der Waals surface area contributed by atoms with Crippen molar-refractivity contribution in [3.05, 3.63) is 66.5 Å². The number of benzene rings is 1. The molecule has 24 heavy (non-hydrogen) atoms. The first-order valence-corrected chi connectivity index (χ1v) is 7.46.